The van der Waals surface area contributed by atoms with Crippen molar-refractivity contribution in [2.45, 2.75) is 30.7 Å². The summed E-state index contributed by atoms with van der Waals surface area (Å²) in [5.41, 5.74) is 1.89. The molecule has 0 aliphatic carbocycles. The molecule has 192 valence electrons. The summed E-state index contributed by atoms with van der Waals surface area (Å²) < 4.78 is 67.3. The van der Waals surface area contributed by atoms with Gasteiger partial charge in [0.1, 0.15) is 6.54 Å². The van der Waals surface area contributed by atoms with Gasteiger partial charge in [-0.1, -0.05) is 53.6 Å². The van der Waals surface area contributed by atoms with Gasteiger partial charge < -0.3 is 5.32 Å². The van der Waals surface area contributed by atoms with Crippen molar-refractivity contribution >= 4 is 33.4 Å². The lowest BCUT2D eigenvalue weighted by Gasteiger charge is -2.25. The van der Waals surface area contributed by atoms with Gasteiger partial charge in [-0.2, -0.15) is 24.9 Å². The molecule has 0 aliphatic rings. The summed E-state index contributed by atoms with van der Waals surface area (Å²) in [5, 5.41) is 2.67. The van der Waals surface area contributed by atoms with Crippen molar-refractivity contribution in [3.8, 4) is 0 Å². The Hall–Kier alpha value is -2.98. The van der Waals surface area contributed by atoms with Crippen LogP contribution in [0.15, 0.2) is 77.7 Å². The van der Waals surface area contributed by atoms with Gasteiger partial charge >= 0.3 is 6.18 Å². The number of benzene rings is 3. The van der Waals surface area contributed by atoms with E-state index < -0.39 is 34.2 Å². The molecule has 36 heavy (non-hydrogen) atoms. The maximum absolute atomic E-state index is 13.4. The highest BCUT2D eigenvalue weighted by Crippen LogP contribution is 2.33. The van der Waals surface area contributed by atoms with Crippen LogP contribution in [0.2, 0.25) is 0 Å². The van der Waals surface area contributed by atoms with E-state index in [9.17, 15) is 26.4 Å². The Morgan fingerprint density at radius 3 is 2.17 bits per heavy atom. The maximum Gasteiger partial charge on any atom is 0.416 e. The van der Waals surface area contributed by atoms with Crippen LogP contribution in [0.5, 0.6) is 0 Å². The van der Waals surface area contributed by atoms with Gasteiger partial charge in [-0.05, 0) is 49.7 Å². The molecule has 5 nitrogen and oxygen atoms in total. The lowest BCUT2D eigenvalue weighted by atomic mass is 10.2. The maximum atomic E-state index is 13.4. The zero-order valence-electron chi connectivity index (χ0n) is 19.9. The molecule has 0 atom stereocenters. The molecule has 0 saturated carbocycles. The molecule has 1 N–H and O–H groups in total. The molecule has 3 aromatic carbocycles. The van der Waals surface area contributed by atoms with E-state index in [1.54, 1.807) is 30.8 Å². The molecule has 3 rings (SSSR count). The molecule has 0 bridgehead atoms. The average Bonchev–Trinajstić information content (AvgIpc) is 2.83. The smallest absolute Gasteiger partial charge is 0.354 e. The number of anilines is 1. The zero-order chi connectivity index (χ0) is 26.3. The number of halogens is 3. The third kappa shape index (κ3) is 7.51. The second-order valence-electron chi connectivity index (χ2n) is 8.26. The molecule has 0 heterocycles. The number of carbonyl (C=O) groups excluding carboxylic acids is 1. The Morgan fingerprint density at radius 2 is 1.56 bits per heavy atom. The van der Waals surface area contributed by atoms with Gasteiger partial charge in [0.05, 0.1) is 16.1 Å². The molecule has 10 heteroatoms. The lowest BCUT2D eigenvalue weighted by Crippen LogP contribution is -2.41. The lowest BCUT2D eigenvalue weighted by molar-refractivity contribution is -0.137. The van der Waals surface area contributed by atoms with Gasteiger partial charge in [0.15, 0.2) is 0 Å². The van der Waals surface area contributed by atoms with Gasteiger partial charge in [0.2, 0.25) is 5.91 Å². The van der Waals surface area contributed by atoms with E-state index in [2.05, 4.69) is 5.32 Å². The van der Waals surface area contributed by atoms with Crippen molar-refractivity contribution in [3.63, 3.8) is 0 Å². The highest BCUT2D eigenvalue weighted by Gasteiger charge is 2.33. The van der Waals surface area contributed by atoms with Gasteiger partial charge in [-0.3, -0.25) is 9.10 Å². The van der Waals surface area contributed by atoms with Crippen LogP contribution in [-0.4, -0.2) is 33.2 Å². The van der Waals surface area contributed by atoms with Crippen molar-refractivity contribution in [1.29, 1.82) is 0 Å². The summed E-state index contributed by atoms with van der Waals surface area (Å²) in [7, 11) is -4.30. The molecular weight excluding hydrogens is 509 g/mol. The summed E-state index contributed by atoms with van der Waals surface area (Å²) in [4.78, 5) is 12.5. The van der Waals surface area contributed by atoms with Gasteiger partial charge in [-0.25, -0.2) is 8.42 Å². The average molecular weight is 537 g/mol. The molecule has 0 radical (unpaired) electrons. The fourth-order valence-electron chi connectivity index (χ4n) is 3.31. The Labute approximate surface area is 213 Å². The predicted molar refractivity (Wildman–Crippen MR) is 138 cm³/mol. The summed E-state index contributed by atoms with van der Waals surface area (Å²) >= 11 is 1.61. The van der Waals surface area contributed by atoms with E-state index in [1.165, 1.54) is 23.8 Å². The molecule has 3 aromatic rings. The summed E-state index contributed by atoms with van der Waals surface area (Å²) in [5.74, 6) is 0.737. The quantitative estimate of drug-likeness (QED) is 0.344. The van der Waals surface area contributed by atoms with Crippen molar-refractivity contribution in [2.75, 3.05) is 23.1 Å². The molecule has 0 fully saturated rings. The van der Waals surface area contributed by atoms with Crippen LogP contribution in [0, 0.1) is 13.8 Å². The molecule has 1 amide bonds. The summed E-state index contributed by atoms with van der Waals surface area (Å²) in [6.45, 7) is 3.43. The third-order valence-electron chi connectivity index (χ3n) is 5.32. The highest BCUT2D eigenvalue weighted by atomic mass is 32.2. The Morgan fingerprint density at radius 1 is 0.944 bits per heavy atom. The fraction of sp³-hybridized carbons (Fsp3) is 0.269. The standard InChI is InChI=1S/C26H27F3N2O3S2/c1-19-6-10-21(11-7-19)18-35-15-14-30-25(32)17-31(23-5-3-4-22(16-23)26(27,28)29)36(33,34)24-12-8-20(2)9-13-24/h3-13,16H,14-15,17-18H2,1-2H3,(H,30,32). The predicted octanol–water partition coefficient (Wildman–Crippen LogP) is 5.57. The number of sulfonamides is 1. The number of nitrogens with zero attached hydrogens (tertiary/aromatic N) is 1. The Balaban J connectivity index is 1.72. The largest absolute Gasteiger partial charge is 0.416 e. The van der Waals surface area contributed by atoms with E-state index >= 15 is 0 Å². The number of amides is 1. The molecule has 0 saturated heterocycles. The van der Waals surface area contributed by atoms with Crippen LogP contribution in [0.1, 0.15) is 22.3 Å². The molecular formula is C26H27F3N2O3S2. The van der Waals surface area contributed by atoms with Crippen molar-refractivity contribution in [3.05, 3.63) is 95.1 Å². The summed E-state index contributed by atoms with van der Waals surface area (Å²) in [6.07, 6.45) is -4.66. The highest BCUT2D eigenvalue weighted by molar-refractivity contribution is 7.98. The number of nitrogens with one attached hydrogen (secondary N) is 1. The first kappa shape index (κ1) is 27.6. The van der Waals surface area contributed by atoms with Crippen LogP contribution in [0.25, 0.3) is 0 Å². The fourth-order valence-corrected chi connectivity index (χ4v) is 5.54. The number of aryl methyl sites for hydroxylation is 2. The minimum absolute atomic E-state index is 0.119. The first-order valence-corrected chi connectivity index (χ1v) is 13.7. The van der Waals surface area contributed by atoms with Crippen LogP contribution in [0.3, 0.4) is 0 Å². The minimum Gasteiger partial charge on any atom is -0.354 e. The monoisotopic (exact) mass is 536 g/mol. The van der Waals surface area contributed by atoms with Gasteiger partial charge in [0, 0.05) is 18.1 Å². The van der Waals surface area contributed by atoms with E-state index in [0.717, 1.165) is 35.1 Å². The third-order valence-corrected chi connectivity index (χ3v) is 8.13. The minimum atomic E-state index is -4.66. The van der Waals surface area contributed by atoms with Crippen LogP contribution in [-0.2, 0) is 26.7 Å². The first-order valence-electron chi connectivity index (χ1n) is 11.1. The molecule has 0 unspecified atom stereocenters. The topological polar surface area (TPSA) is 66.5 Å². The number of carbonyl (C=O) groups is 1. The van der Waals surface area contributed by atoms with Crippen LogP contribution >= 0.6 is 11.8 Å². The molecule has 0 aliphatic heterocycles. The number of rotatable bonds is 10. The van der Waals surface area contributed by atoms with Crippen molar-refractivity contribution < 1.29 is 26.4 Å². The van der Waals surface area contributed by atoms with Crippen LogP contribution < -0.4 is 9.62 Å². The number of thioether (sulfide) groups is 1. The van der Waals surface area contributed by atoms with E-state index in [1.807, 2.05) is 31.2 Å². The van der Waals surface area contributed by atoms with Gasteiger partial charge in [0.25, 0.3) is 10.0 Å². The molecule has 0 aromatic heterocycles. The van der Waals surface area contributed by atoms with E-state index in [-0.39, 0.29) is 17.1 Å². The van der Waals surface area contributed by atoms with Crippen LogP contribution in [0.4, 0.5) is 18.9 Å². The zero-order valence-corrected chi connectivity index (χ0v) is 21.5. The Bertz CT molecular complexity index is 1280. The second-order valence-corrected chi connectivity index (χ2v) is 11.2. The SMILES string of the molecule is Cc1ccc(CSCCNC(=O)CN(c2cccc(C(F)(F)F)c2)S(=O)(=O)c2ccc(C)cc2)cc1. The number of hydrogen-bond donors (Lipinski definition) is 1. The first-order chi connectivity index (χ1) is 17.0. The summed E-state index contributed by atoms with van der Waals surface area (Å²) in [6, 6.07) is 18.0. The van der Waals surface area contributed by atoms with E-state index in [4.69, 9.17) is 0 Å². The van der Waals surface area contributed by atoms with Crippen molar-refractivity contribution in [1.82, 2.24) is 5.32 Å². The van der Waals surface area contributed by atoms with Gasteiger partial charge in [-0.15, -0.1) is 0 Å². The van der Waals surface area contributed by atoms with Crippen molar-refractivity contribution in [2.24, 2.45) is 0 Å². The van der Waals surface area contributed by atoms with E-state index in [0.29, 0.717) is 10.1 Å². The molecule has 0 spiro atoms. The second kappa shape index (κ2) is 11.8. The number of hydrogen-bond acceptors (Lipinski definition) is 4. The number of alkyl halides is 3. The Kier molecular flexibility index (Phi) is 9.08. The normalized spacial score (nSPS) is 11.8.